The van der Waals surface area contributed by atoms with Crippen molar-refractivity contribution in [2.75, 3.05) is 145 Å². The molecule has 2 amide bonds. The van der Waals surface area contributed by atoms with Crippen LogP contribution in [0.25, 0.3) is 12.2 Å². The van der Waals surface area contributed by atoms with Crippen LogP contribution in [0.5, 0.6) is 11.5 Å². The maximum absolute atomic E-state index is 13.9. The van der Waals surface area contributed by atoms with Crippen LogP contribution in [-0.2, 0) is 59.0 Å². The summed E-state index contributed by atoms with van der Waals surface area (Å²) >= 11 is 2.84. The molecular weight excluding hydrogens is 1460 g/mol. The smallest absolute Gasteiger partial charge is 0.296 e. The molecule has 34 nitrogen and oxygen atoms in total. The van der Waals surface area contributed by atoms with E-state index in [1.54, 1.807) is 24.3 Å². The molecule has 4 aromatic carbocycles. The van der Waals surface area contributed by atoms with Crippen LogP contribution in [0, 0.1) is 0 Å². The van der Waals surface area contributed by atoms with Crippen molar-refractivity contribution in [2.45, 2.75) is 56.5 Å². The van der Waals surface area contributed by atoms with Crippen molar-refractivity contribution in [1.82, 2.24) is 24.9 Å². The topological polar surface area (TPSA) is 443 Å². The number of benzene rings is 4. The van der Waals surface area contributed by atoms with E-state index in [1.165, 1.54) is 62.8 Å². The molecule has 0 saturated carbocycles. The fourth-order valence-corrected chi connectivity index (χ4v) is 15.1. The largest absolute Gasteiger partial charge is 0.494 e. The highest BCUT2D eigenvalue weighted by Gasteiger charge is 2.29. The molecule has 2 saturated heterocycles. The van der Waals surface area contributed by atoms with E-state index in [0.717, 1.165) is 60.4 Å². The summed E-state index contributed by atoms with van der Waals surface area (Å²) in [5.41, 5.74) is 0.703. The van der Waals surface area contributed by atoms with Gasteiger partial charge in [-0.2, -0.15) is 50.2 Å². The van der Waals surface area contributed by atoms with Gasteiger partial charge in [0.1, 0.15) is 44.3 Å². The molecule has 548 valence electrons. The van der Waals surface area contributed by atoms with Gasteiger partial charge in [0.05, 0.1) is 101 Å². The Bertz CT molecular complexity index is 4530. The first-order chi connectivity index (χ1) is 49.1. The number of azo groups is 2. The number of carbonyl (C=O) groups excluding carboxylic acids is 4. The Morgan fingerprint density at radius 1 is 0.573 bits per heavy atom. The third-order valence-corrected chi connectivity index (χ3v) is 20.9. The lowest BCUT2D eigenvalue weighted by Gasteiger charge is -2.27. The number of amides is 2. The van der Waals surface area contributed by atoms with Crippen LogP contribution < -0.4 is 50.3 Å². The monoisotopic (exact) mass is 1530 g/mol. The van der Waals surface area contributed by atoms with E-state index in [-0.39, 0.29) is 78.3 Å². The average molecular weight is 1530 g/mol. The number of ketones is 2. The van der Waals surface area contributed by atoms with Gasteiger partial charge < -0.3 is 59.8 Å². The summed E-state index contributed by atoms with van der Waals surface area (Å²) in [4.78, 5) is 85.4. The van der Waals surface area contributed by atoms with Crippen LogP contribution in [0.4, 0.5) is 79.3 Å². The average Bonchev–Trinajstić information content (AvgIpc) is 1.80. The second kappa shape index (κ2) is 34.7. The maximum Gasteiger partial charge on any atom is 0.296 e. The van der Waals surface area contributed by atoms with Gasteiger partial charge in [0.25, 0.3) is 42.2 Å². The van der Waals surface area contributed by atoms with Gasteiger partial charge in [-0.25, -0.2) is 0 Å². The number of methoxy groups -OCH3 is 2. The number of nitrogens with zero attached hydrogens (tertiary/aromatic N) is 13. The van der Waals surface area contributed by atoms with Gasteiger partial charge in [-0.3, -0.25) is 32.8 Å². The molecule has 40 heteroatoms. The number of morpholine rings is 2. The van der Waals surface area contributed by atoms with Gasteiger partial charge in [0, 0.05) is 70.2 Å². The summed E-state index contributed by atoms with van der Waals surface area (Å²) in [5, 5.41) is 30.0. The van der Waals surface area contributed by atoms with E-state index in [2.05, 4.69) is 51.7 Å². The van der Waals surface area contributed by atoms with Gasteiger partial charge in [-0.05, 0) is 90.1 Å². The summed E-state index contributed by atoms with van der Waals surface area (Å²) < 4.78 is 126. The number of carbonyl (C=O) groups is 4. The van der Waals surface area contributed by atoms with Crippen LogP contribution in [0.1, 0.15) is 51.3 Å². The highest BCUT2D eigenvalue weighted by Crippen LogP contribution is 2.45. The minimum atomic E-state index is -4.79. The number of thiazole rings is 2. The summed E-state index contributed by atoms with van der Waals surface area (Å²) in [6.45, 7) is 15.0. The molecule has 7 N–H and O–H groups in total. The molecule has 2 aliphatic rings. The Balaban J connectivity index is 1.13. The van der Waals surface area contributed by atoms with Gasteiger partial charge >= 0.3 is 0 Å². The molecule has 0 unspecified atom stereocenters. The van der Waals surface area contributed by atoms with Crippen molar-refractivity contribution in [3.05, 3.63) is 93.7 Å². The summed E-state index contributed by atoms with van der Waals surface area (Å²) in [7, 11) is -11.1. The molecule has 3 aromatic heterocycles. The van der Waals surface area contributed by atoms with Crippen molar-refractivity contribution >= 4 is 180 Å². The van der Waals surface area contributed by atoms with Gasteiger partial charge in [-0.15, -0.1) is 20.5 Å². The molecule has 0 radical (unpaired) electrons. The lowest BCUT2D eigenvalue weighted by molar-refractivity contribution is -0.120. The van der Waals surface area contributed by atoms with Crippen molar-refractivity contribution < 1.29 is 77.0 Å². The number of anilines is 10. The first kappa shape index (κ1) is 77.7. The van der Waals surface area contributed by atoms with Gasteiger partial charge in [0.15, 0.2) is 16.7 Å². The number of ether oxygens (including phenoxy) is 4. The number of hydrogen-bond donors (Lipinski definition) is 7. The number of Topliss-reactive ketones (excluding diaryl/α,β-unsaturated/α-hetero) is 2. The fourth-order valence-electron chi connectivity index (χ4n) is 10.4. The summed E-state index contributed by atoms with van der Waals surface area (Å²) in [6.07, 6.45) is 2.62. The molecule has 9 rings (SSSR count). The predicted octanol–water partition coefficient (Wildman–Crippen LogP) is 10.2. The predicted molar refractivity (Wildman–Crippen MR) is 392 cm³/mol. The lowest BCUT2D eigenvalue weighted by atomic mass is 10.1. The minimum Gasteiger partial charge on any atom is -0.494 e. The Kier molecular flexibility index (Phi) is 26.1. The molecule has 2 aliphatic heterocycles. The Morgan fingerprint density at radius 2 is 0.961 bits per heavy atom. The molecule has 103 heavy (non-hydrogen) atoms. The Morgan fingerprint density at radius 3 is 1.31 bits per heavy atom. The molecule has 5 heterocycles. The zero-order valence-corrected chi connectivity index (χ0v) is 61.7. The van der Waals surface area contributed by atoms with Crippen LogP contribution >= 0.6 is 34.4 Å². The molecule has 0 spiro atoms. The molecular formula is C63H73N17O17S6. The second-order valence-corrected chi connectivity index (χ2v) is 29.6. The third-order valence-electron chi connectivity index (χ3n) is 15.5. The third kappa shape index (κ3) is 20.2. The highest BCUT2D eigenvalue weighted by atomic mass is 32.2. The van der Waals surface area contributed by atoms with Crippen LogP contribution in [0.3, 0.4) is 0 Å². The maximum atomic E-state index is 13.9. The molecule has 0 bridgehead atoms. The fraction of sp³-hybridized carbons (Fsp3) is 0.349. The van der Waals surface area contributed by atoms with Crippen molar-refractivity contribution in [1.29, 1.82) is 0 Å². The lowest BCUT2D eigenvalue weighted by Crippen LogP contribution is -2.36. The van der Waals surface area contributed by atoms with Crippen molar-refractivity contribution in [3.63, 3.8) is 0 Å². The molecule has 0 aliphatic carbocycles. The summed E-state index contributed by atoms with van der Waals surface area (Å²) in [5.74, 6) is -3.02. The quantitative estimate of drug-likeness (QED) is 0.00514. The Hall–Kier alpha value is -9.49. The molecule has 0 atom stereocenters. The van der Waals surface area contributed by atoms with Crippen molar-refractivity contribution in [3.8, 4) is 11.5 Å². The van der Waals surface area contributed by atoms with E-state index in [0.29, 0.717) is 123 Å². The van der Waals surface area contributed by atoms with Crippen LogP contribution in [0.2, 0.25) is 0 Å². The standard InChI is InChI=1S/C63H73N17O17S6/c1-9-77(10-2)47-33-43(45(35-49(47)94-7)73-75-62-68-55(79-21-25-96-26-22-79)51(99-62)31-39(37(5)81)57(83)64-41-17-13-15-19-53(41)102(88,89)90)66-59-70-60(72-61(71-59)98-29-30-101(85,86)87)67-44-34-48(78(11-3)12-4)50(95-8)36-46(44)74-76-63-69-56(80-23-27-97-28-24-80)52(100-63)32-40(38(6)82)58(84)65-42-18-14-16-20-54(42)103(91,92)93/h13-20,31-36H,9-12,21-30H2,1-8H3,(H,64,83)(H,65,84)(H,85,86,87)(H,88,89,90)(H,91,92,93)(H2,66,67,70,71,72)/b39-31-,40-32+,75-73?,76-74?. The number of aromatic nitrogens is 5. The van der Waals surface area contributed by atoms with Gasteiger partial charge in [0.2, 0.25) is 22.2 Å². The van der Waals surface area contributed by atoms with E-state index in [1.807, 2.05) is 47.3 Å². The number of hydrogen-bond acceptors (Lipinski definition) is 32. The SMILES string of the molecule is CCN(CC)c1cc(Nc2nc(Nc3cc(N(CC)CC)c(OC)cc3N=Nc3nc(N4CCOCC4)c(/C=C(\C(C)=O)C(=O)Nc4ccccc4S(=O)(=O)O)s3)nc(SCCS(=O)(=O)O)n2)c(N=Nc2nc(N3CCOCC3)c(/C=C(/C(C)=O)C(=O)Nc3ccccc3S(=O)(=O)O)s2)cc1OC. The van der Waals surface area contributed by atoms with E-state index in [4.69, 9.17) is 33.9 Å². The number of nitrogens with one attached hydrogen (secondary N) is 4. The van der Waals surface area contributed by atoms with Crippen LogP contribution in [0.15, 0.2) is 119 Å². The number of rotatable bonds is 32. The van der Waals surface area contributed by atoms with E-state index < -0.39 is 69.3 Å². The Labute approximate surface area is 605 Å². The minimum absolute atomic E-state index is 0.0227. The first-order valence-corrected chi connectivity index (χ1v) is 38.8. The molecule has 2 fully saturated rings. The van der Waals surface area contributed by atoms with E-state index in [9.17, 15) is 58.1 Å². The van der Waals surface area contributed by atoms with Crippen molar-refractivity contribution in [2.24, 2.45) is 20.5 Å². The number of thioether (sulfide) groups is 1. The normalized spacial score (nSPS) is 14.0. The number of para-hydroxylation sites is 2. The zero-order chi connectivity index (χ0) is 74.3. The molecule has 7 aromatic rings. The van der Waals surface area contributed by atoms with Gasteiger partial charge in [-0.1, -0.05) is 58.7 Å². The highest BCUT2D eigenvalue weighted by molar-refractivity contribution is 8.00. The summed E-state index contributed by atoms with van der Waals surface area (Å²) in [6, 6.07) is 17.0. The van der Waals surface area contributed by atoms with E-state index >= 15 is 0 Å². The second-order valence-electron chi connectivity index (χ2n) is 22.1. The first-order valence-electron chi connectivity index (χ1n) is 31.7. The van der Waals surface area contributed by atoms with Crippen LogP contribution in [-0.4, -0.2) is 192 Å². The zero-order valence-electron chi connectivity index (χ0n) is 56.8.